The van der Waals surface area contributed by atoms with Gasteiger partial charge in [0.2, 0.25) is 0 Å². The van der Waals surface area contributed by atoms with Crippen LogP contribution in [0.5, 0.6) is 5.75 Å². The van der Waals surface area contributed by atoms with E-state index in [9.17, 15) is 23.1 Å². The fourth-order valence-corrected chi connectivity index (χ4v) is 3.00. The minimum atomic E-state index is -4.45. The van der Waals surface area contributed by atoms with Crippen molar-refractivity contribution in [3.63, 3.8) is 0 Å². The number of nitrogens with two attached hydrogens (primary N) is 1. The fourth-order valence-electron chi connectivity index (χ4n) is 3.00. The van der Waals surface area contributed by atoms with E-state index in [1.807, 2.05) is 19.1 Å². The van der Waals surface area contributed by atoms with E-state index in [0.717, 1.165) is 17.7 Å². The Morgan fingerprint density at radius 1 is 1.19 bits per heavy atom. The lowest BCUT2D eigenvalue weighted by Gasteiger charge is -2.18. The molecule has 0 aliphatic carbocycles. The third-order valence-corrected chi connectivity index (χ3v) is 4.74. The number of rotatable bonds is 11. The van der Waals surface area contributed by atoms with Gasteiger partial charge in [0, 0.05) is 12.6 Å². The normalized spacial score (nSPS) is 14.5. The lowest BCUT2D eigenvalue weighted by atomic mass is 10.0. The summed E-state index contributed by atoms with van der Waals surface area (Å²) in [4.78, 5) is 11.5. The minimum absolute atomic E-state index is 0.00354. The summed E-state index contributed by atoms with van der Waals surface area (Å²) in [6, 6.07) is 11.1. The van der Waals surface area contributed by atoms with Crippen molar-refractivity contribution in [1.82, 2.24) is 5.32 Å². The van der Waals surface area contributed by atoms with Gasteiger partial charge in [0.25, 0.3) is 0 Å². The molecule has 3 atom stereocenters. The number of esters is 1. The molecule has 0 aliphatic rings. The van der Waals surface area contributed by atoms with Crippen molar-refractivity contribution in [3.8, 4) is 5.75 Å². The number of nitrogens with one attached hydrogen (secondary N) is 1. The SMILES string of the molecule is CCOC(=O)C(N)COc1ccc(CC(C)NCC(O)c2cccc(C(F)(F)F)c2)cc1. The van der Waals surface area contributed by atoms with Crippen LogP contribution in [0.4, 0.5) is 13.2 Å². The van der Waals surface area contributed by atoms with Crippen molar-refractivity contribution in [2.45, 2.75) is 44.6 Å². The summed E-state index contributed by atoms with van der Waals surface area (Å²) in [6.07, 6.45) is -4.87. The number of carbonyl (C=O) groups is 1. The molecule has 0 saturated heterocycles. The van der Waals surface area contributed by atoms with Gasteiger partial charge in [-0.3, -0.25) is 4.79 Å². The van der Waals surface area contributed by atoms with E-state index in [1.165, 1.54) is 12.1 Å². The molecule has 0 bridgehead atoms. The molecule has 3 unspecified atom stereocenters. The molecule has 0 saturated carbocycles. The molecule has 0 amide bonds. The molecule has 2 rings (SSSR count). The topological polar surface area (TPSA) is 93.8 Å². The summed E-state index contributed by atoms with van der Waals surface area (Å²) in [5.74, 6) is 0.0467. The van der Waals surface area contributed by atoms with E-state index in [2.05, 4.69) is 5.32 Å². The van der Waals surface area contributed by atoms with Crippen LogP contribution in [0.15, 0.2) is 48.5 Å². The summed E-state index contributed by atoms with van der Waals surface area (Å²) in [7, 11) is 0. The Morgan fingerprint density at radius 3 is 2.50 bits per heavy atom. The number of alkyl halides is 3. The van der Waals surface area contributed by atoms with E-state index in [4.69, 9.17) is 15.2 Å². The molecule has 32 heavy (non-hydrogen) atoms. The van der Waals surface area contributed by atoms with Gasteiger partial charge in [-0.15, -0.1) is 0 Å². The van der Waals surface area contributed by atoms with Crippen LogP contribution in [0.2, 0.25) is 0 Å². The van der Waals surface area contributed by atoms with E-state index in [0.29, 0.717) is 12.2 Å². The summed E-state index contributed by atoms with van der Waals surface area (Å²) in [5, 5.41) is 13.4. The quantitative estimate of drug-likeness (QED) is 0.452. The van der Waals surface area contributed by atoms with E-state index in [-0.39, 0.29) is 31.4 Å². The van der Waals surface area contributed by atoms with E-state index in [1.54, 1.807) is 19.1 Å². The average molecular weight is 454 g/mol. The third-order valence-electron chi connectivity index (χ3n) is 4.74. The van der Waals surface area contributed by atoms with Gasteiger partial charge in [-0.25, -0.2) is 0 Å². The van der Waals surface area contributed by atoms with Gasteiger partial charge < -0.3 is 25.6 Å². The second-order valence-corrected chi connectivity index (χ2v) is 7.47. The van der Waals surface area contributed by atoms with Gasteiger partial charge in [0.05, 0.1) is 18.3 Å². The maximum Gasteiger partial charge on any atom is 0.416 e. The Hall–Kier alpha value is -2.62. The molecule has 0 radical (unpaired) electrons. The number of aliphatic hydroxyl groups excluding tert-OH is 1. The Morgan fingerprint density at radius 2 is 1.88 bits per heavy atom. The first kappa shape index (κ1) is 25.6. The zero-order valence-corrected chi connectivity index (χ0v) is 18.1. The molecule has 2 aromatic rings. The van der Waals surface area contributed by atoms with Gasteiger partial charge in [-0.2, -0.15) is 13.2 Å². The molecule has 0 fully saturated rings. The predicted molar refractivity (Wildman–Crippen MR) is 114 cm³/mol. The summed E-state index contributed by atoms with van der Waals surface area (Å²) >= 11 is 0. The smallest absolute Gasteiger partial charge is 0.416 e. The van der Waals surface area contributed by atoms with Crippen molar-refractivity contribution < 1.29 is 32.5 Å². The first-order valence-electron chi connectivity index (χ1n) is 10.3. The zero-order valence-electron chi connectivity index (χ0n) is 18.1. The average Bonchev–Trinajstić information content (AvgIpc) is 2.76. The maximum absolute atomic E-state index is 12.8. The molecule has 6 nitrogen and oxygen atoms in total. The second-order valence-electron chi connectivity index (χ2n) is 7.47. The molecule has 9 heteroatoms. The number of aliphatic hydroxyl groups is 1. The van der Waals surface area contributed by atoms with Crippen LogP contribution in [0.1, 0.15) is 36.6 Å². The molecule has 2 aromatic carbocycles. The van der Waals surface area contributed by atoms with Gasteiger partial charge in [0.1, 0.15) is 18.4 Å². The summed E-state index contributed by atoms with van der Waals surface area (Å²) in [5.41, 5.74) is 6.12. The van der Waals surface area contributed by atoms with Crippen molar-refractivity contribution in [2.24, 2.45) is 5.73 Å². The summed E-state index contributed by atoms with van der Waals surface area (Å²) in [6.45, 7) is 4.00. The Bertz CT molecular complexity index is 859. The second kappa shape index (κ2) is 11.8. The van der Waals surface area contributed by atoms with Crippen molar-refractivity contribution in [2.75, 3.05) is 19.8 Å². The van der Waals surface area contributed by atoms with Crippen LogP contribution in [-0.4, -0.2) is 42.9 Å². The predicted octanol–water partition coefficient (Wildman–Crippen LogP) is 3.23. The highest BCUT2D eigenvalue weighted by atomic mass is 19.4. The number of halogens is 3. The number of hydrogen-bond donors (Lipinski definition) is 3. The monoisotopic (exact) mass is 454 g/mol. The summed E-state index contributed by atoms with van der Waals surface area (Å²) < 4.78 is 48.8. The number of ether oxygens (including phenoxy) is 2. The number of hydrogen-bond acceptors (Lipinski definition) is 6. The molecule has 176 valence electrons. The largest absolute Gasteiger partial charge is 0.491 e. The highest BCUT2D eigenvalue weighted by Gasteiger charge is 2.30. The molecule has 0 aliphatic heterocycles. The molecule has 0 aromatic heterocycles. The van der Waals surface area contributed by atoms with Crippen molar-refractivity contribution in [3.05, 3.63) is 65.2 Å². The van der Waals surface area contributed by atoms with Crippen molar-refractivity contribution >= 4 is 5.97 Å². The van der Waals surface area contributed by atoms with Crippen LogP contribution in [-0.2, 0) is 22.1 Å². The fraction of sp³-hybridized carbons (Fsp3) is 0.435. The Labute approximate surface area is 185 Å². The highest BCUT2D eigenvalue weighted by molar-refractivity contribution is 5.75. The molecule has 0 spiro atoms. The zero-order chi connectivity index (χ0) is 23.7. The maximum atomic E-state index is 12.8. The highest BCUT2D eigenvalue weighted by Crippen LogP contribution is 2.30. The third kappa shape index (κ3) is 8.14. The minimum Gasteiger partial charge on any atom is -0.491 e. The Balaban J connectivity index is 1.80. The van der Waals surface area contributed by atoms with Gasteiger partial charge in [-0.1, -0.05) is 24.3 Å². The van der Waals surface area contributed by atoms with Gasteiger partial charge in [-0.05, 0) is 55.7 Å². The van der Waals surface area contributed by atoms with Crippen LogP contribution >= 0.6 is 0 Å². The van der Waals surface area contributed by atoms with Gasteiger partial charge in [0.15, 0.2) is 0 Å². The first-order chi connectivity index (χ1) is 15.1. The van der Waals surface area contributed by atoms with Crippen LogP contribution < -0.4 is 15.8 Å². The lowest BCUT2D eigenvalue weighted by Crippen LogP contribution is -2.37. The van der Waals surface area contributed by atoms with E-state index < -0.39 is 29.9 Å². The molecular formula is C23H29F3N2O4. The van der Waals surface area contributed by atoms with Crippen LogP contribution in [0.3, 0.4) is 0 Å². The molecular weight excluding hydrogens is 425 g/mol. The number of carbonyl (C=O) groups excluding carboxylic acids is 1. The standard InChI is InChI=1S/C23H29F3N2O4/c1-3-31-22(30)20(27)14-32-19-9-7-16(8-10-19)11-15(2)28-13-21(29)17-5-4-6-18(12-17)23(24,25)26/h4-10,12,15,20-21,28-29H,3,11,13-14,27H2,1-2H3. The Kier molecular flexibility index (Phi) is 9.49. The van der Waals surface area contributed by atoms with Crippen LogP contribution in [0, 0.1) is 0 Å². The van der Waals surface area contributed by atoms with E-state index >= 15 is 0 Å². The molecule has 0 heterocycles. The first-order valence-corrected chi connectivity index (χ1v) is 10.3. The van der Waals surface area contributed by atoms with Crippen LogP contribution in [0.25, 0.3) is 0 Å². The number of benzene rings is 2. The molecule has 4 N–H and O–H groups in total. The lowest BCUT2D eigenvalue weighted by molar-refractivity contribution is -0.145. The van der Waals surface area contributed by atoms with Crippen molar-refractivity contribution in [1.29, 1.82) is 0 Å². The van der Waals surface area contributed by atoms with Gasteiger partial charge >= 0.3 is 12.1 Å².